The number of aryl methyl sites for hydroxylation is 1. The fourth-order valence-electron chi connectivity index (χ4n) is 1.68. The summed E-state index contributed by atoms with van der Waals surface area (Å²) in [6.45, 7) is 2.00. The number of phenolic OH excluding ortho intramolecular Hbond substituents is 1. The van der Waals surface area contributed by atoms with Gasteiger partial charge in [0.15, 0.2) is 0 Å². The van der Waals surface area contributed by atoms with E-state index in [1.807, 2.05) is 31.2 Å². The van der Waals surface area contributed by atoms with Gasteiger partial charge in [0.2, 0.25) is 0 Å². The van der Waals surface area contributed by atoms with Crippen molar-refractivity contribution in [1.82, 2.24) is 0 Å². The number of phenols is 1. The molecule has 16 heavy (non-hydrogen) atoms. The van der Waals surface area contributed by atoms with Crippen molar-refractivity contribution in [3.8, 4) is 16.9 Å². The van der Waals surface area contributed by atoms with Gasteiger partial charge in [-0.2, -0.15) is 0 Å². The molecule has 0 heterocycles. The molecule has 1 nitrogen and oxygen atoms in total. The van der Waals surface area contributed by atoms with E-state index < -0.39 is 0 Å². The fourth-order valence-corrected chi connectivity index (χ4v) is 2.39. The molecule has 0 aliphatic carbocycles. The second-order valence-electron chi connectivity index (χ2n) is 3.66. The van der Waals surface area contributed by atoms with E-state index in [0.717, 1.165) is 26.2 Å². The molecule has 2 aromatic carbocycles. The van der Waals surface area contributed by atoms with Crippen LogP contribution in [0, 0.1) is 6.92 Å². The number of halogens is 2. The van der Waals surface area contributed by atoms with Crippen LogP contribution in [0.1, 0.15) is 5.56 Å². The lowest BCUT2D eigenvalue weighted by Gasteiger charge is -2.07. The van der Waals surface area contributed by atoms with Crippen LogP contribution in [0.4, 0.5) is 0 Å². The van der Waals surface area contributed by atoms with Crippen LogP contribution in [0.15, 0.2) is 40.9 Å². The zero-order chi connectivity index (χ0) is 11.7. The number of rotatable bonds is 1. The molecule has 0 spiro atoms. The van der Waals surface area contributed by atoms with Gasteiger partial charge in [-0.15, -0.1) is 0 Å². The standard InChI is InChI=1S/C13H10BrClO/c1-8-4-11(15)2-3-13(8)9-5-10(14)7-12(16)6-9/h2-7,16H,1H3. The first-order chi connectivity index (χ1) is 7.56. The molecule has 3 heteroatoms. The summed E-state index contributed by atoms with van der Waals surface area (Å²) >= 11 is 9.27. The van der Waals surface area contributed by atoms with E-state index in [1.54, 1.807) is 12.1 Å². The summed E-state index contributed by atoms with van der Waals surface area (Å²) in [5.74, 6) is 0.249. The van der Waals surface area contributed by atoms with Crippen LogP contribution in [0.2, 0.25) is 5.02 Å². The van der Waals surface area contributed by atoms with Crippen molar-refractivity contribution in [3.63, 3.8) is 0 Å². The third kappa shape index (κ3) is 2.39. The van der Waals surface area contributed by atoms with Crippen molar-refractivity contribution >= 4 is 27.5 Å². The highest BCUT2D eigenvalue weighted by molar-refractivity contribution is 9.10. The molecule has 0 amide bonds. The summed E-state index contributed by atoms with van der Waals surface area (Å²) in [5, 5.41) is 10.3. The lowest BCUT2D eigenvalue weighted by Crippen LogP contribution is -1.83. The molecule has 1 N–H and O–H groups in total. The van der Waals surface area contributed by atoms with Gasteiger partial charge in [-0.1, -0.05) is 33.6 Å². The average Bonchev–Trinajstić information content (AvgIpc) is 2.15. The number of hydrogen-bond acceptors (Lipinski definition) is 1. The van der Waals surface area contributed by atoms with Crippen LogP contribution in [0.5, 0.6) is 5.75 Å². The van der Waals surface area contributed by atoms with Gasteiger partial charge in [-0.3, -0.25) is 0 Å². The summed E-state index contributed by atoms with van der Waals surface area (Å²) in [5.41, 5.74) is 3.13. The molecule has 0 aliphatic heterocycles. The molecule has 0 atom stereocenters. The van der Waals surface area contributed by atoms with Gasteiger partial charge < -0.3 is 5.11 Å². The quantitative estimate of drug-likeness (QED) is 0.803. The third-order valence-electron chi connectivity index (χ3n) is 2.38. The largest absolute Gasteiger partial charge is 0.508 e. The summed E-state index contributed by atoms with van der Waals surface area (Å²) in [4.78, 5) is 0. The van der Waals surface area contributed by atoms with Gasteiger partial charge >= 0.3 is 0 Å². The molecule has 2 aromatic rings. The molecular formula is C13H10BrClO. The molecule has 0 unspecified atom stereocenters. The first kappa shape index (κ1) is 11.5. The summed E-state index contributed by atoms with van der Waals surface area (Å²) in [6.07, 6.45) is 0. The van der Waals surface area contributed by atoms with Gasteiger partial charge in [0.25, 0.3) is 0 Å². The molecule has 0 saturated heterocycles. The minimum absolute atomic E-state index is 0.249. The van der Waals surface area contributed by atoms with E-state index in [4.69, 9.17) is 11.6 Å². The van der Waals surface area contributed by atoms with Crippen molar-refractivity contribution in [2.45, 2.75) is 6.92 Å². The number of hydrogen-bond donors (Lipinski definition) is 1. The van der Waals surface area contributed by atoms with E-state index in [-0.39, 0.29) is 5.75 Å². The van der Waals surface area contributed by atoms with E-state index in [9.17, 15) is 5.11 Å². The minimum Gasteiger partial charge on any atom is -0.508 e. The fraction of sp³-hybridized carbons (Fsp3) is 0.0769. The lowest BCUT2D eigenvalue weighted by atomic mass is 10.0. The van der Waals surface area contributed by atoms with Crippen LogP contribution in [-0.2, 0) is 0 Å². The molecule has 2 rings (SSSR count). The lowest BCUT2D eigenvalue weighted by molar-refractivity contribution is 0.475. The van der Waals surface area contributed by atoms with Crippen LogP contribution in [-0.4, -0.2) is 5.11 Å². The highest BCUT2D eigenvalue weighted by Gasteiger charge is 2.04. The second kappa shape index (κ2) is 4.48. The van der Waals surface area contributed by atoms with E-state index in [1.165, 1.54) is 0 Å². The van der Waals surface area contributed by atoms with Crippen molar-refractivity contribution in [3.05, 3.63) is 51.5 Å². The van der Waals surface area contributed by atoms with Crippen LogP contribution in [0.25, 0.3) is 11.1 Å². The summed E-state index contributed by atoms with van der Waals surface area (Å²) in [6, 6.07) is 11.1. The van der Waals surface area contributed by atoms with Crippen LogP contribution < -0.4 is 0 Å². The van der Waals surface area contributed by atoms with Crippen molar-refractivity contribution in [2.24, 2.45) is 0 Å². The monoisotopic (exact) mass is 296 g/mol. The summed E-state index contributed by atoms with van der Waals surface area (Å²) < 4.78 is 0.858. The molecule has 0 bridgehead atoms. The molecular weight excluding hydrogens is 287 g/mol. The SMILES string of the molecule is Cc1cc(Cl)ccc1-c1cc(O)cc(Br)c1. The summed E-state index contributed by atoms with van der Waals surface area (Å²) in [7, 11) is 0. The Morgan fingerprint density at radius 3 is 2.50 bits per heavy atom. The van der Waals surface area contributed by atoms with Crippen molar-refractivity contribution < 1.29 is 5.11 Å². The number of aromatic hydroxyl groups is 1. The molecule has 0 aliphatic rings. The van der Waals surface area contributed by atoms with Crippen LogP contribution >= 0.6 is 27.5 Å². The Morgan fingerprint density at radius 1 is 1.12 bits per heavy atom. The smallest absolute Gasteiger partial charge is 0.117 e. The average molecular weight is 298 g/mol. The van der Waals surface area contributed by atoms with E-state index >= 15 is 0 Å². The Hall–Kier alpha value is -0.990. The van der Waals surface area contributed by atoms with Gasteiger partial charge in [-0.05, 0) is 53.9 Å². The van der Waals surface area contributed by atoms with Crippen LogP contribution in [0.3, 0.4) is 0 Å². The maximum absolute atomic E-state index is 9.54. The Bertz CT molecular complexity index is 517. The second-order valence-corrected chi connectivity index (χ2v) is 5.01. The topological polar surface area (TPSA) is 20.2 Å². The Labute approximate surface area is 108 Å². The van der Waals surface area contributed by atoms with Gasteiger partial charge in [-0.25, -0.2) is 0 Å². The Balaban J connectivity index is 2.58. The Morgan fingerprint density at radius 2 is 1.88 bits per heavy atom. The van der Waals surface area contributed by atoms with Crippen molar-refractivity contribution in [1.29, 1.82) is 0 Å². The highest BCUT2D eigenvalue weighted by atomic mass is 79.9. The Kier molecular flexibility index (Phi) is 3.22. The predicted octanol–water partition coefficient (Wildman–Crippen LogP) is 4.78. The van der Waals surface area contributed by atoms with Gasteiger partial charge in [0.1, 0.15) is 5.75 Å². The number of benzene rings is 2. The molecule has 82 valence electrons. The van der Waals surface area contributed by atoms with E-state index in [0.29, 0.717) is 0 Å². The first-order valence-electron chi connectivity index (χ1n) is 4.82. The van der Waals surface area contributed by atoms with Gasteiger partial charge in [0, 0.05) is 9.50 Å². The van der Waals surface area contributed by atoms with E-state index in [2.05, 4.69) is 15.9 Å². The maximum Gasteiger partial charge on any atom is 0.117 e. The normalized spacial score (nSPS) is 10.4. The zero-order valence-corrected chi connectivity index (χ0v) is 11.0. The highest BCUT2D eigenvalue weighted by Crippen LogP contribution is 2.31. The minimum atomic E-state index is 0.249. The van der Waals surface area contributed by atoms with Crippen molar-refractivity contribution in [2.75, 3.05) is 0 Å². The zero-order valence-electron chi connectivity index (χ0n) is 8.67. The van der Waals surface area contributed by atoms with Gasteiger partial charge in [0.05, 0.1) is 0 Å². The molecule has 0 aromatic heterocycles. The third-order valence-corrected chi connectivity index (χ3v) is 3.07. The first-order valence-corrected chi connectivity index (χ1v) is 5.99. The molecule has 0 saturated carbocycles. The predicted molar refractivity (Wildman–Crippen MR) is 71.0 cm³/mol. The molecule has 0 radical (unpaired) electrons. The maximum atomic E-state index is 9.54. The molecule has 0 fully saturated rings.